The van der Waals surface area contributed by atoms with E-state index >= 15 is 0 Å². The van der Waals surface area contributed by atoms with Crippen molar-refractivity contribution < 1.29 is 200 Å². The van der Waals surface area contributed by atoms with Crippen LogP contribution in [0.2, 0.25) is 0 Å². The zero-order valence-corrected chi connectivity index (χ0v) is 44.2. The molecule has 0 radical (unpaired) electrons. The summed E-state index contributed by atoms with van der Waals surface area (Å²) in [5, 5.41) is 26.2. The standard InChI is InChI=1S/C26H23N5O12S4.4Na.H2O4S.O3S/c1-2-44(33,34)19-8-4-17(5-9-19)28-30-21-12-3-16-15-22(46(37,38)39)25(24(27)23(16)26(21)32)31-29-18-6-10-20(11-7-18)45(35,36)14-13-43-47(40,41)42;;;;;1-5(2,3)4;1-4(2)3/h3-11,15,32H,1-2,13-14,27H2,(H,37,38,39)(H,40,41,42);;;;;(H2,1,2,3,4);/q-2;4*+1;;/p-3. The van der Waals surface area contributed by atoms with Gasteiger partial charge in [0, 0.05) is 17.1 Å². The van der Waals surface area contributed by atoms with Gasteiger partial charge in [-0.15, -0.1) is 23.1 Å². The Kier molecular flexibility index (Phi) is 28.3. The summed E-state index contributed by atoms with van der Waals surface area (Å²) >= 11 is 0. The predicted octanol–water partition coefficient (Wildman–Crippen LogP) is -10.5. The minimum absolute atomic E-state index is 0. The van der Waals surface area contributed by atoms with Crippen molar-refractivity contribution in [3.63, 3.8) is 0 Å². The van der Waals surface area contributed by atoms with Gasteiger partial charge in [-0.3, -0.25) is 8.74 Å². The summed E-state index contributed by atoms with van der Waals surface area (Å²) in [4.78, 5) is -1.16. The largest absolute Gasteiger partial charge is 1.00 e. The van der Waals surface area contributed by atoms with Crippen LogP contribution in [0.15, 0.2) is 95.8 Å². The second-order valence-electron chi connectivity index (χ2n) is 9.93. The van der Waals surface area contributed by atoms with Crippen LogP contribution in [0.3, 0.4) is 0 Å². The Morgan fingerprint density at radius 1 is 0.733 bits per heavy atom. The summed E-state index contributed by atoms with van der Waals surface area (Å²) in [7, 11) is -26.0. The van der Waals surface area contributed by atoms with Crippen LogP contribution >= 0.6 is 0 Å². The minimum atomic E-state index is -5.21. The maximum Gasteiger partial charge on any atom is 1.00 e. The molecule has 0 aromatic heterocycles. The number of fused-ring (bicyclic) bond motifs is 1. The Labute approximate surface area is 433 Å². The molecule has 0 aliphatic carbocycles. The van der Waals surface area contributed by atoms with Crippen molar-refractivity contribution in [2.24, 2.45) is 20.5 Å². The number of nitrogen functional groups attached to an aromatic ring is 1. The third-order valence-corrected chi connectivity index (χ3v) is 10.7. The molecule has 0 saturated carbocycles. The van der Waals surface area contributed by atoms with Crippen molar-refractivity contribution in [3.8, 4) is 5.75 Å². The first-order valence-corrected chi connectivity index (χ1v) is 22.3. The number of phenolic OH excluding ortho intramolecular Hbond substituents is 1. The van der Waals surface area contributed by atoms with Crippen molar-refractivity contribution in [3.05, 3.63) is 73.7 Å². The Hall–Kier alpha value is -0.890. The molecule has 0 atom stereocenters. The normalized spacial score (nSPS) is 11.7. The summed E-state index contributed by atoms with van der Waals surface area (Å²) < 4.78 is 179. The molecule has 0 saturated heterocycles. The molecule has 306 valence electrons. The second-order valence-corrected chi connectivity index (χ2v) is 17.8. The van der Waals surface area contributed by atoms with Crippen molar-refractivity contribution in [1.29, 1.82) is 0 Å². The number of nitrogens with zero attached hydrogens (tertiary/aromatic N) is 4. The van der Waals surface area contributed by atoms with E-state index in [2.05, 4.69) is 37.6 Å². The summed E-state index contributed by atoms with van der Waals surface area (Å²) in [6.07, 6.45) is 0. The van der Waals surface area contributed by atoms with Gasteiger partial charge in [0.05, 0.1) is 38.4 Å². The van der Waals surface area contributed by atoms with Crippen molar-refractivity contribution in [2.45, 2.75) is 14.7 Å². The summed E-state index contributed by atoms with van der Waals surface area (Å²) in [6.45, 7) is 2.46. The van der Waals surface area contributed by atoms with Crippen LogP contribution in [0, 0.1) is 13.0 Å². The summed E-state index contributed by atoms with van der Waals surface area (Å²) in [5.74, 6) is -1.79. The molecule has 34 heteroatoms. The quantitative estimate of drug-likeness (QED) is 0.0296. The van der Waals surface area contributed by atoms with E-state index in [1.54, 1.807) is 0 Å². The molecule has 4 aromatic rings. The van der Waals surface area contributed by atoms with Crippen LogP contribution < -0.4 is 124 Å². The van der Waals surface area contributed by atoms with Crippen LogP contribution in [-0.4, -0.2) is 96.1 Å². The molecule has 0 heterocycles. The third kappa shape index (κ3) is 21.7. The number of sulfone groups is 2. The number of hydrogen-bond acceptors (Lipinski definition) is 23. The maximum absolute atomic E-state index is 12.4. The van der Waals surface area contributed by atoms with Gasteiger partial charge in [-0.05, 0) is 48.5 Å². The number of hydrogen-bond donors (Lipinski definition) is 3. The summed E-state index contributed by atoms with van der Waals surface area (Å²) in [6, 6.07) is 14.4. The van der Waals surface area contributed by atoms with E-state index in [1.165, 1.54) is 30.3 Å². The number of azo groups is 2. The molecule has 60 heavy (non-hydrogen) atoms. The topological polar surface area (TPSA) is 416 Å². The van der Waals surface area contributed by atoms with Crippen LogP contribution in [-0.2, 0) is 65.4 Å². The number of phenols is 1. The number of aromatic hydroxyl groups is 1. The Balaban J connectivity index is -0.00000226. The van der Waals surface area contributed by atoms with Gasteiger partial charge < -0.3 is 31.4 Å². The van der Waals surface area contributed by atoms with Crippen LogP contribution in [0.4, 0.5) is 28.4 Å². The van der Waals surface area contributed by atoms with E-state index in [1.807, 2.05) is 0 Å². The summed E-state index contributed by atoms with van der Waals surface area (Å²) in [5.41, 5.74) is 4.95. The molecule has 4 N–H and O–H groups in total. The Morgan fingerprint density at radius 3 is 1.55 bits per heavy atom. The van der Waals surface area contributed by atoms with Crippen molar-refractivity contribution in [2.75, 3.05) is 23.8 Å². The van der Waals surface area contributed by atoms with Gasteiger partial charge in [-0.2, -0.15) is 27.5 Å². The van der Waals surface area contributed by atoms with Crippen LogP contribution in [0.25, 0.3) is 10.8 Å². The van der Waals surface area contributed by atoms with E-state index in [-0.39, 0.29) is 162 Å². The zero-order valence-electron chi connectivity index (χ0n) is 31.3. The fourth-order valence-electron chi connectivity index (χ4n) is 3.91. The average Bonchev–Trinajstić information content (AvgIpc) is 3.05. The first kappa shape index (κ1) is 63.4. The number of rotatable bonds is 12. The Morgan fingerprint density at radius 2 is 1.15 bits per heavy atom. The molecular weight excluding hydrogens is 971 g/mol. The molecule has 0 spiro atoms. The van der Waals surface area contributed by atoms with Crippen molar-refractivity contribution in [1.82, 2.24) is 0 Å². The van der Waals surface area contributed by atoms with Gasteiger partial charge in [-0.1, -0.05) is 17.2 Å². The molecular formula is C26H22N5Na4O19S6-. The van der Waals surface area contributed by atoms with E-state index in [9.17, 15) is 47.9 Å². The number of benzene rings is 4. The zero-order chi connectivity index (χ0) is 42.9. The first-order valence-electron chi connectivity index (χ1n) is 13.8. The van der Waals surface area contributed by atoms with Crippen LogP contribution in [0.5, 0.6) is 5.75 Å². The molecule has 4 rings (SSSR count). The fraction of sp³-hybridized carbons (Fsp3) is 0.115. The van der Waals surface area contributed by atoms with Gasteiger partial charge in [0.2, 0.25) is 20.8 Å². The second kappa shape index (κ2) is 26.8. The molecule has 4 aromatic carbocycles. The molecule has 0 unspecified atom stereocenters. The molecule has 0 amide bonds. The SMILES string of the molecule is O=S(=O)([O-])O.O=S(=O)=O.[CH2-]CS(=O)(=O)c1ccc(N=Nc2[c-]cc3cc(S(=O)(=O)[O-])c(N=Nc4ccc(S(=O)(=O)CCOS(=O)(=O)[O-])cc4)c(N)c3c2O)cc1.[Na+].[Na+].[Na+].[Na+]. The first-order chi connectivity index (χ1) is 25.6. The molecule has 0 aliphatic heterocycles. The monoisotopic (exact) mass is 992 g/mol. The van der Waals surface area contributed by atoms with Gasteiger partial charge in [0.25, 0.3) is 0 Å². The molecule has 0 fully saturated rings. The number of nitrogens with two attached hydrogens (primary N) is 1. The van der Waals surface area contributed by atoms with E-state index in [0.29, 0.717) is 0 Å². The fourth-order valence-corrected chi connectivity index (χ4v) is 6.83. The van der Waals surface area contributed by atoms with Gasteiger partial charge in [0.15, 0.2) is 19.7 Å². The van der Waals surface area contributed by atoms with E-state index < -0.39 is 95.6 Å². The van der Waals surface area contributed by atoms with Gasteiger partial charge in [0.1, 0.15) is 15.8 Å². The Bertz CT molecular complexity index is 2840. The predicted molar refractivity (Wildman–Crippen MR) is 185 cm³/mol. The third-order valence-electron chi connectivity index (χ3n) is 6.20. The van der Waals surface area contributed by atoms with E-state index in [4.69, 9.17) is 35.9 Å². The molecule has 24 nitrogen and oxygen atoms in total. The van der Waals surface area contributed by atoms with Crippen LogP contribution in [0.1, 0.15) is 0 Å². The van der Waals surface area contributed by atoms with Crippen molar-refractivity contribution >= 4 is 100 Å². The van der Waals surface area contributed by atoms with Gasteiger partial charge in [-0.25, -0.2) is 42.1 Å². The van der Waals surface area contributed by atoms with E-state index in [0.717, 1.165) is 30.3 Å². The number of anilines is 1. The maximum atomic E-state index is 12.4. The molecule has 0 bridgehead atoms. The van der Waals surface area contributed by atoms with Gasteiger partial charge >= 0.3 is 129 Å². The molecule has 0 aliphatic rings. The smallest absolute Gasteiger partial charge is 0.744 e. The minimum Gasteiger partial charge on any atom is -0.744 e. The average molecular weight is 993 g/mol.